The van der Waals surface area contributed by atoms with Gasteiger partial charge in [-0.25, -0.2) is 0 Å². The maximum atomic E-state index is 5.88. The summed E-state index contributed by atoms with van der Waals surface area (Å²) in [6.45, 7) is 9.20. The summed E-state index contributed by atoms with van der Waals surface area (Å²) in [5, 5.41) is 6.79. The van der Waals surface area contributed by atoms with Gasteiger partial charge >= 0.3 is 0 Å². The third-order valence-electron chi connectivity index (χ3n) is 4.81. The first-order valence-corrected chi connectivity index (χ1v) is 10.3. The number of guanidine groups is 1. The van der Waals surface area contributed by atoms with E-state index >= 15 is 0 Å². The smallest absolute Gasteiger partial charge is 0.191 e. The topological polar surface area (TPSA) is 54.9 Å². The van der Waals surface area contributed by atoms with Gasteiger partial charge in [-0.3, -0.25) is 4.99 Å². The van der Waals surface area contributed by atoms with Gasteiger partial charge in [0.05, 0.1) is 18.8 Å². The van der Waals surface area contributed by atoms with E-state index in [1.165, 1.54) is 22.3 Å². The summed E-state index contributed by atoms with van der Waals surface area (Å²) >= 11 is 0. The van der Waals surface area contributed by atoms with Gasteiger partial charge in [0, 0.05) is 26.6 Å². The second-order valence-electron chi connectivity index (χ2n) is 8.36. The lowest BCUT2D eigenvalue weighted by atomic mass is 10.1. The van der Waals surface area contributed by atoms with Crippen molar-refractivity contribution in [2.24, 2.45) is 4.99 Å². The second kappa shape index (κ2) is 9.79. The minimum Gasteiger partial charge on any atom is -0.493 e. The van der Waals surface area contributed by atoms with Crippen LogP contribution in [-0.2, 0) is 30.7 Å². The molecule has 0 atom stereocenters. The molecule has 0 radical (unpaired) electrons. The summed E-state index contributed by atoms with van der Waals surface area (Å²) in [5.74, 6) is 1.85. The minimum absolute atomic E-state index is 0.133. The molecular weight excluding hydrogens is 362 g/mol. The molecule has 0 unspecified atom stereocenters. The first-order valence-electron chi connectivity index (χ1n) is 10.3. The molecule has 0 spiro atoms. The predicted molar refractivity (Wildman–Crippen MR) is 119 cm³/mol. The SMILES string of the molecule is CN=C(NCCc1ccc2c(c1)CCO2)NCc1cccc(COC(C)(C)C)c1. The number of rotatable bonds is 7. The summed E-state index contributed by atoms with van der Waals surface area (Å²) in [6.07, 6.45) is 1.97. The van der Waals surface area contributed by atoms with Gasteiger partial charge in [0.15, 0.2) is 5.96 Å². The lowest BCUT2D eigenvalue weighted by molar-refractivity contribution is -0.0149. The fourth-order valence-corrected chi connectivity index (χ4v) is 3.26. The molecule has 0 aromatic heterocycles. The molecular formula is C24H33N3O2. The number of ether oxygens (including phenoxy) is 2. The molecule has 5 nitrogen and oxygen atoms in total. The lowest BCUT2D eigenvalue weighted by Gasteiger charge is -2.19. The van der Waals surface area contributed by atoms with E-state index in [0.717, 1.165) is 44.2 Å². The van der Waals surface area contributed by atoms with Crippen LogP contribution in [0.15, 0.2) is 47.5 Å². The molecule has 0 bridgehead atoms. The van der Waals surface area contributed by atoms with Crippen molar-refractivity contribution < 1.29 is 9.47 Å². The van der Waals surface area contributed by atoms with Crippen LogP contribution in [0.25, 0.3) is 0 Å². The Morgan fingerprint density at radius 1 is 1.07 bits per heavy atom. The molecule has 0 saturated heterocycles. The molecule has 0 saturated carbocycles. The van der Waals surface area contributed by atoms with Crippen LogP contribution in [-0.4, -0.2) is 31.8 Å². The van der Waals surface area contributed by atoms with Crippen molar-refractivity contribution in [1.82, 2.24) is 10.6 Å². The first-order chi connectivity index (χ1) is 13.9. The van der Waals surface area contributed by atoms with E-state index in [9.17, 15) is 0 Å². The zero-order valence-electron chi connectivity index (χ0n) is 18.0. The van der Waals surface area contributed by atoms with E-state index in [-0.39, 0.29) is 5.60 Å². The van der Waals surface area contributed by atoms with Crippen LogP contribution in [0.1, 0.15) is 43.0 Å². The number of hydrogen-bond acceptors (Lipinski definition) is 3. The Hall–Kier alpha value is -2.53. The molecule has 1 aliphatic rings. The summed E-state index contributed by atoms with van der Waals surface area (Å²) in [4.78, 5) is 4.33. The maximum absolute atomic E-state index is 5.88. The Morgan fingerprint density at radius 3 is 2.69 bits per heavy atom. The molecule has 2 N–H and O–H groups in total. The normalized spacial score (nSPS) is 13.7. The fraction of sp³-hybridized carbons (Fsp3) is 0.458. The molecule has 2 aromatic carbocycles. The van der Waals surface area contributed by atoms with Crippen LogP contribution in [0.4, 0.5) is 0 Å². The Labute approximate surface area is 174 Å². The van der Waals surface area contributed by atoms with Gasteiger partial charge in [-0.1, -0.05) is 36.4 Å². The number of fused-ring (bicyclic) bond motifs is 1. The molecule has 5 heteroatoms. The van der Waals surface area contributed by atoms with Crippen LogP contribution in [0, 0.1) is 0 Å². The van der Waals surface area contributed by atoms with E-state index < -0.39 is 0 Å². The molecule has 1 aliphatic heterocycles. The second-order valence-corrected chi connectivity index (χ2v) is 8.36. The number of nitrogens with one attached hydrogen (secondary N) is 2. The van der Waals surface area contributed by atoms with Gasteiger partial charge in [-0.2, -0.15) is 0 Å². The molecule has 0 aliphatic carbocycles. The van der Waals surface area contributed by atoms with E-state index in [1.807, 2.05) is 0 Å². The monoisotopic (exact) mass is 395 g/mol. The molecule has 2 aromatic rings. The van der Waals surface area contributed by atoms with Crippen molar-refractivity contribution in [2.75, 3.05) is 20.2 Å². The average Bonchev–Trinajstić information content (AvgIpc) is 3.16. The van der Waals surface area contributed by atoms with E-state index in [1.54, 1.807) is 7.05 Å². The van der Waals surface area contributed by atoms with E-state index in [2.05, 4.69) is 78.9 Å². The maximum Gasteiger partial charge on any atom is 0.191 e. The van der Waals surface area contributed by atoms with Gasteiger partial charge in [0.25, 0.3) is 0 Å². The summed E-state index contributed by atoms with van der Waals surface area (Å²) in [6, 6.07) is 15.0. The standard InChI is InChI=1S/C24H33N3O2/c1-24(2,3)29-17-20-7-5-6-19(14-20)16-27-23(25-4)26-12-10-18-8-9-22-21(15-18)11-13-28-22/h5-9,14-15H,10-13,16-17H2,1-4H3,(H2,25,26,27). The van der Waals surface area contributed by atoms with Gasteiger partial charge in [-0.05, 0) is 55.5 Å². The third kappa shape index (κ3) is 6.79. The quantitative estimate of drug-likeness (QED) is 0.552. The first kappa shape index (κ1) is 21.2. The van der Waals surface area contributed by atoms with Gasteiger partial charge in [-0.15, -0.1) is 0 Å². The minimum atomic E-state index is -0.133. The van der Waals surface area contributed by atoms with Crippen molar-refractivity contribution in [3.05, 3.63) is 64.7 Å². The Balaban J connectivity index is 1.44. The van der Waals surface area contributed by atoms with Crippen molar-refractivity contribution >= 4 is 5.96 Å². The lowest BCUT2D eigenvalue weighted by Crippen LogP contribution is -2.37. The van der Waals surface area contributed by atoms with Crippen molar-refractivity contribution in [3.63, 3.8) is 0 Å². The zero-order valence-corrected chi connectivity index (χ0v) is 18.0. The Morgan fingerprint density at radius 2 is 1.90 bits per heavy atom. The van der Waals surface area contributed by atoms with E-state index in [4.69, 9.17) is 9.47 Å². The highest BCUT2D eigenvalue weighted by Gasteiger charge is 2.12. The van der Waals surface area contributed by atoms with Gasteiger partial charge in [0.1, 0.15) is 5.75 Å². The molecule has 3 rings (SSSR count). The average molecular weight is 396 g/mol. The van der Waals surface area contributed by atoms with Crippen molar-refractivity contribution in [3.8, 4) is 5.75 Å². The Bertz CT molecular complexity index is 840. The summed E-state index contributed by atoms with van der Waals surface area (Å²) < 4.78 is 11.5. The van der Waals surface area contributed by atoms with Crippen LogP contribution in [0.5, 0.6) is 5.75 Å². The third-order valence-corrected chi connectivity index (χ3v) is 4.81. The Kier molecular flexibility index (Phi) is 7.15. The van der Waals surface area contributed by atoms with Crippen LogP contribution in [0.2, 0.25) is 0 Å². The van der Waals surface area contributed by atoms with Crippen LogP contribution >= 0.6 is 0 Å². The summed E-state index contributed by atoms with van der Waals surface area (Å²) in [5.41, 5.74) is 4.90. The van der Waals surface area contributed by atoms with Gasteiger partial charge < -0.3 is 20.1 Å². The highest BCUT2D eigenvalue weighted by atomic mass is 16.5. The molecule has 0 amide bonds. The van der Waals surface area contributed by atoms with E-state index in [0.29, 0.717) is 6.61 Å². The highest BCUT2D eigenvalue weighted by molar-refractivity contribution is 5.79. The number of benzene rings is 2. The highest BCUT2D eigenvalue weighted by Crippen LogP contribution is 2.25. The van der Waals surface area contributed by atoms with Crippen molar-refractivity contribution in [1.29, 1.82) is 0 Å². The number of aliphatic imine (C=N–C) groups is 1. The van der Waals surface area contributed by atoms with Crippen molar-refractivity contribution in [2.45, 2.75) is 52.4 Å². The molecule has 0 fully saturated rings. The molecule has 1 heterocycles. The zero-order chi connectivity index (χ0) is 20.7. The molecule has 29 heavy (non-hydrogen) atoms. The molecule has 156 valence electrons. The van der Waals surface area contributed by atoms with Crippen LogP contribution in [0.3, 0.4) is 0 Å². The number of nitrogens with zero attached hydrogens (tertiary/aromatic N) is 1. The predicted octanol–water partition coefficient (Wildman–Crippen LogP) is 3.84. The van der Waals surface area contributed by atoms with Gasteiger partial charge in [0.2, 0.25) is 0 Å². The largest absolute Gasteiger partial charge is 0.493 e. The number of hydrogen-bond donors (Lipinski definition) is 2. The van der Waals surface area contributed by atoms with Crippen LogP contribution < -0.4 is 15.4 Å². The summed E-state index contributed by atoms with van der Waals surface area (Å²) in [7, 11) is 1.80. The fourth-order valence-electron chi connectivity index (χ4n) is 3.26.